The van der Waals surface area contributed by atoms with E-state index in [1.807, 2.05) is 18.7 Å². The Hall–Kier alpha value is -3.47. The van der Waals surface area contributed by atoms with Gasteiger partial charge in [0.15, 0.2) is 0 Å². The minimum atomic E-state index is -1.33. The molecule has 3 atom stereocenters. The fraction of sp³-hybridized carbons (Fsp3) is 0.556. The molecular formula is C27H36FN5O5. The number of aromatic nitrogens is 1. The number of carboxylic acid groups (broad SMARTS) is 1. The van der Waals surface area contributed by atoms with Gasteiger partial charge in [-0.2, -0.15) is 0 Å². The molecule has 4 rings (SSSR count). The van der Waals surface area contributed by atoms with Crippen molar-refractivity contribution in [2.45, 2.75) is 64.6 Å². The van der Waals surface area contributed by atoms with Crippen LogP contribution in [0.15, 0.2) is 23.1 Å². The van der Waals surface area contributed by atoms with Gasteiger partial charge < -0.3 is 30.9 Å². The number of rotatable bonds is 10. The molecule has 206 valence electrons. The summed E-state index contributed by atoms with van der Waals surface area (Å²) >= 11 is 0. The van der Waals surface area contributed by atoms with Crippen LogP contribution in [-0.2, 0) is 9.59 Å². The Morgan fingerprint density at radius 1 is 1.16 bits per heavy atom. The average Bonchev–Trinajstić information content (AvgIpc) is 3.59. The number of anilines is 1. The minimum absolute atomic E-state index is 0.0604. The van der Waals surface area contributed by atoms with Crippen molar-refractivity contribution in [3.05, 3.63) is 39.9 Å². The highest BCUT2D eigenvalue weighted by atomic mass is 19.1. The van der Waals surface area contributed by atoms with Crippen molar-refractivity contribution < 1.29 is 23.9 Å². The molecule has 0 spiro atoms. The van der Waals surface area contributed by atoms with Gasteiger partial charge in [0.2, 0.25) is 17.2 Å². The second kappa shape index (κ2) is 11.1. The molecule has 1 aliphatic carbocycles. The number of benzene rings is 1. The van der Waals surface area contributed by atoms with Crippen LogP contribution < -0.4 is 26.7 Å². The van der Waals surface area contributed by atoms with E-state index in [2.05, 4.69) is 10.6 Å². The summed E-state index contributed by atoms with van der Waals surface area (Å²) in [5.41, 5.74) is 5.71. The maximum atomic E-state index is 15.2. The van der Waals surface area contributed by atoms with Crippen molar-refractivity contribution in [1.82, 2.24) is 15.2 Å². The summed E-state index contributed by atoms with van der Waals surface area (Å²) in [6.45, 7) is 7.00. The number of carbonyl (C=O) groups is 3. The Balaban J connectivity index is 1.41. The predicted molar refractivity (Wildman–Crippen MR) is 142 cm³/mol. The van der Waals surface area contributed by atoms with Crippen molar-refractivity contribution in [3.8, 4) is 0 Å². The standard InChI is InChI=1S/C27H36FN5O5/c1-14(2)8-21(29)26(36)31-15(3)25(35)30-11-16-6-7-32(12-16)23-10-22-18(9-20(23)28)24(34)19(27(37)38)13-33(22)17-4-5-17/h9-10,13-17,21H,4-8,11-12,29H2,1-3H3,(H,30,35)(H,31,36)(H,37,38)/t15-,16+,21-/m0/s1. The first kappa shape index (κ1) is 27.6. The number of fused-ring (bicyclic) bond motifs is 1. The van der Waals surface area contributed by atoms with Crippen LogP contribution in [-0.4, -0.2) is 59.2 Å². The maximum Gasteiger partial charge on any atom is 0.341 e. The molecule has 1 aromatic heterocycles. The van der Waals surface area contributed by atoms with E-state index in [9.17, 15) is 24.3 Å². The lowest BCUT2D eigenvalue weighted by Gasteiger charge is -2.22. The number of carboxylic acids is 1. The third kappa shape index (κ3) is 5.98. The van der Waals surface area contributed by atoms with E-state index in [1.54, 1.807) is 17.6 Å². The molecular weight excluding hydrogens is 493 g/mol. The Morgan fingerprint density at radius 3 is 2.50 bits per heavy atom. The third-order valence-electron chi connectivity index (χ3n) is 7.28. The van der Waals surface area contributed by atoms with Crippen molar-refractivity contribution in [2.75, 3.05) is 24.5 Å². The van der Waals surface area contributed by atoms with Crippen LogP contribution in [0.2, 0.25) is 0 Å². The summed E-state index contributed by atoms with van der Waals surface area (Å²) in [5, 5.41) is 15.0. The van der Waals surface area contributed by atoms with Gasteiger partial charge in [-0.3, -0.25) is 14.4 Å². The summed E-state index contributed by atoms with van der Waals surface area (Å²) < 4.78 is 17.0. The monoisotopic (exact) mass is 529 g/mol. The molecule has 2 aromatic rings. The van der Waals surface area contributed by atoms with Gasteiger partial charge in [0.25, 0.3) is 0 Å². The van der Waals surface area contributed by atoms with E-state index < -0.39 is 29.3 Å². The summed E-state index contributed by atoms with van der Waals surface area (Å²) in [6.07, 6.45) is 4.37. The Morgan fingerprint density at radius 2 is 1.87 bits per heavy atom. The van der Waals surface area contributed by atoms with Gasteiger partial charge in [-0.15, -0.1) is 0 Å². The fourth-order valence-corrected chi connectivity index (χ4v) is 5.03. The second-order valence-electron chi connectivity index (χ2n) is 10.9. The van der Waals surface area contributed by atoms with E-state index in [1.165, 1.54) is 6.20 Å². The number of aromatic carboxylic acids is 1. The van der Waals surface area contributed by atoms with Crippen LogP contribution in [0, 0.1) is 17.7 Å². The number of pyridine rings is 1. The quantitative estimate of drug-likeness (QED) is 0.368. The van der Waals surface area contributed by atoms with Crippen LogP contribution in [0.4, 0.5) is 10.1 Å². The molecule has 10 nitrogen and oxygen atoms in total. The van der Waals surface area contributed by atoms with E-state index in [0.29, 0.717) is 37.3 Å². The highest BCUT2D eigenvalue weighted by Gasteiger charge is 2.30. The normalized spacial score (nSPS) is 19.0. The van der Waals surface area contributed by atoms with Gasteiger partial charge in [0.05, 0.1) is 17.2 Å². The molecule has 1 aliphatic heterocycles. The van der Waals surface area contributed by atoms with E-state index >= 15 is 4.39 Å². The lowest BCUT2D eigenvalue weighted by Crippen LogP contribution is -2.51. The molecule has 1 aromatic carbocycles. The first-order valence-corrected chi connectivity index (χ1v) is 13.2. The molecule has 11 heteroatoms. The van der Waals surface area contributed by atoms with Gasteiger partial charge in [0, 0.05) is 37.3 Å². The molecule has 38 heavy (non-hydrogen) atoms. The summed E-state index contributed by atoms with van der Waals surface area (Å²) in [7, 11) is 0. The number of nitrogens with two attached hydrogens (primary N) is 1. The number of halogens is 1. The zero-order valence-corrected chi connectivity index (χ0v) is 22.0. The molecule has 2 amide bonds. The number of carbonyl (C=O) groups excluding carboxylic acids is 2. The number of hydrogen-bond acceptors (Lipinski definition) is 6. The summed E-state index contributed by atoms with van der Waals surface area (Å²) in [6, 6.07) is 1.47. The second-order valence-corrected chi connectivity index (χ2v) is 10.9. The van der Waals surface area contributed by atoms with Crippen molar-refractivity contribution in [2.24, 2.45) is 17.6 Å². The zero-order valence-electron chi connectivity index (χ0n) is 22.0. The van der Waals surface area contributed by atoms with Gasteiger partial charge in [-0.05, 0) is 56.6 Å². The van der Waals surface area contributed by atoms with Gasteiger partial charge >= 0.3 is 5.97 Å². The SMILES string of the molecule is CC(C)C[C@H](N)C(=O)N[C@@H](C)C(=O)NC[C@H]1CCN(c2cc3c(cc2F)c(=O)c(C(=O)O)cn3C2CC2)C1. The van der Waals surface area contributed by atoms with Gasteiger partial charge in [-0.1, -0.05) is 13.8 Å². The Labute approximate surface area is 220 Å². The van der Waals surface area contributed by atoms with Crippen LogP contribution in [0.5, 0.6) is 0 Å². The van der Waals surface area contributed by atoms with E-state index in [0.717, 1.165) is 25.3 Å². The molecule has 1 saturated carbocycles. The van der Waals surface area contributed by atoms with Crippen molar-refractivity contribution in [3.63, 3.8) is 0 Å². The van der Waals surface area contributed by atoms with Crippen LogP contribution in [0.3, 0.4) is 0 Å². The fourth-order valence-electron chi connectivity index (χ4n) is 5.03. The molecule has 0 radical (unpaired) electrons. The lowest BCUT2D eigenvalue weighted by atomic mass is 10.0. The highest BCUT2D eigenvalue weighted by molar-refractivity contribution is 5.93. The summed E-state index contributed by atoms with van der Waals surface area (Å²) in [4.78, 5) is 50.9. The molecule has 2 aliphatic rings. The first-order chi connectivity index (χ1) is 18.0. The third-order valence-corrected chi connectivity index (χ3v) is 7.28. The molecule has 1 saturated heterocycles. The molecule has 5 N–H and O–H groups in total. The molecule has 2 fully saturated rings. The largest absolute Gasteiger partial charge is 0.477 e. The predicted octanol–water partition coefficient (Wildman–Crippen LogP) is 1.99. The Bertz CT molecular complexity index is 1300. The first-order valence-electron chi connectivity index (χ1n) is 13.2. The van der Waals surface area contributed by atoms with Gasteiger partial charge in [-0.25, -0.2) is 9.18 Å². The average molecular weight is 530 g/mol. The highest BCUT2D eigenvalue weighted by Crippen LogP contribution is 2.38. The number of nitrogens with one attached hydrogen (secondary N) is 2. The minimum Gasteiger partial charge on any atom is -0.477 e. The molecule has 0 bridgehead atoms. The zero-order chi connectivity index (χ0) is 27.7. The van der Waals surface area contributed by atoms with E-state index in [-0.39, 0.29) is 40.6 Å². The van der Waals surface area contributed by atoms with Crippen LogP contribution >= 0.6 is 0 Å². The maximum absolute atomic E-state index is 15.2. The summed E-state index contributed by atoms with van der Waals surface area (Å²) in [5.74, 6) is -2.25. The lowest BCUT2D eigenvalue weighted by molar-refractivity contribution is -0.129. The van der Waals surface area contributed by atoms with Crippen LogP contribution in [0.1, 0.15) is 62.9 Å². The smallest absolute Gasteiger partial charge is 0.341 e. The van der Waals surface area contributed by atoms with E-state index in [4.69, 9.17) is 5.73 Å². The topological polar surface area (TPSA) is 147 Å². The molecule has 0 unspecified atom stereocenters. The Kier molecular flexibility index (Phi) is 8.05. The molecule has 2 heterocycles. The van der Waals surface area contributed by atoms with Crippen molar-refractivity contribution in [1.29, 1.82) is 0 Å². The van der Waals surface area contributed by atoms with Crippen molar-refractivity contribution >= 4 is 34.4 Å². The number of hydrogen-bond donors (Lipinski definition) is 4. The number of nitrogens with zero attached hydrogens (tertiary/aromatic N) is 2. The number of amides is 2. The van der Waals surface area contributed by atoms with Gasteiger partial charge in [0.1, 0.15) is 17.4 Å². The van der Waals surface area contributed by atoms with Crippen LogP contribution in [0.25, 0.3) is 10.9 Å².